The van der Waals surface area contributed by atoms with Crippen LogP contribution >= 0.6 is 0 Å². The number of hydrogen-bond donors (Lipinski definition) is 1. The second-order valence-electron chi connectivity index (χ2n) is 4.23. The van der Waals surface area contributed by atoms with Crippen molar-refractivity contribution in [2.45, 2.75) is 30.1 Å². The first kappa shape index (κ1) is 11.5. The van der Waals surface area contributed by atoms with Gasteiger partial charge in [-0.05, 0) is 19.3 Å². The molecule has 1 N–H and O–H groups in total. The van der Waals surface area contributed by atoms with E-state index in [4.69, 9.17) is 0 Å². The highest BCUT2D eigenvalue weighted by atomic mass is 32.2. The monoisotopic (exact) mass is 242 g/mol. The maximum absolute atomic E-state index is 11.6. The van der Waals surface area contributed by atoms with Gasteiger partial charge < -0.3 is 5.11 Å². The van der Waals surface area contributed by atoms with Crippen LogP contribution in [0, 0.1) is 0 Å². The Labute approximate surface area is 94.5 Å². The van der Waals surface area contributed by atoms with Gasteiger partial charge in [-0.3, -0.25) is 9.97 Å². The van der Waals surface area contributed by atoms with Gasteiger partial charge in [0, 0.05) is 18.6 Å². The summed E-state index contributed by atoms with van der Waals surface area (Å²) in [4.78, 5) is 7.89. The number of aliphatic hydroxyl groups is 1. The predicted molar refractivity (Wildman–Crippen MR) is 58.4 cm³/mol. The molecule has 0 aromatic carbocycles. The van der Waals surface area contributed by atoms with Crippen molar-refractivity contribution in [2.75, 3.05) is 6.26 Å². The van der Waals surface area contributed by atoms with Crippen molar-refractivity contribution < 1.29 is 13.5 Å². The Bertz CT molecular complexity index is 474. The topological polar surface area (TPSA) is 80.2 Å². The highest BCUT2D eigenvalue weighted by molar-refractivity contribution is 7.91. The molecule has 1 heterocycles. The predicted octanol–water partition coefficient (Wildman–Crippen LogP) is 0.261. The van der Waals surface area contributed by atoms with Crippen LogP contribution in [0.5, 0.6) is 0 Å². The van der Waals surface area contributed by atoms with E-state index in [1.54, 1.807) is 0 Å². The van der Waals surface area contributed by atoms with Crippen molar-refractivity contribution in [1.82, 2.24) is 9.97 Å². The van der Waals surface area contributed by atoms with Crippen LogP contribution < -0.4 is 0 Å². The Balaban J connectivity index is 2.45. The van der Waals surface area contributed by atoms with E-state index in [9.17, 15) is 13.5 Å². The molecule has 2 atom stereocenters. The molecule has 1 aromatic heterocycles. The van der Waals surface area contributed by atoms with Crippen LogP contribution in [0.15, 0.2) is 18.6 Å². The molecule has 1 fully saturated rings. The molecule has 2 rings (SSSR count). The fourth-order valence-corrected chi connectivity index (χ4v) is 3.88. The van der Waals surface area contributed by atoms with Crippen LogP contribution in [-0.2, 0) is 15.4 Å². The van der Waals surface area contributed by atoms with Crippen molar-refractivity contribution in [3.8, 4) is 0 Å². The molecule has 16 heavy (non-hydrogen) atoms. The summed E-state index contributed by atoms with van der Waals surface area (Å²) in [5.41, 5.74) is -1.02. The molecule has 0 saturated heterocycles. The summed E-state index contributed by atoms with van der Waals surface area (Å²) in [7, 11) is -3.28. The van der Waals surface area contributed by atoms with Crippen molar-refractivity contribution in [3.05, 3.63) is 24.3 Å². The third-order valence-corrected chi connectivity index (χ3v) is 4.74. The van der Waals surface area contributed by atoms with Gasteiger partial charge in [0.2, 0.25) is 0 Å². The lowest BCUT2D eigenvalue weighted by Gasteiger charge is -2.27. The third-order valence-electron chi connectivity index (χ3n) is 3.08. The Hall–Kier alpha value is -1.01. The van der Waals surface area contributed by atoms with E-state index in [0.717, 1.165) is 6.26 Å². The summed E-state index contributed by atoms with van der Waals surface area (Å²) in [6, 6.07) is 0. The highest BCUT2D eigenvalue weighted by Gasteiger charge is 2.49. The zero-order chi connectivity index (χ0) is 11.8. The van der Waals surface area contributed by atoms with Crippen molar-refractivity contribution in [2.24, 2.45) is 0 Å². The fourth-order valence-electron chi connectivity index (χ4n) is 2.34. The average molecular weight is 242 g/mol. The largest absolute Gasteiger partial charge is 0.382 e. The molecule has 1 aliphatic carbocycles. The van der Waals surface area contributed by atoms with Crippen molar-refractivity contribution >= 4 is 9.84 Å². The quantitative estimate of drug-likeness (QED) is 0.804. The van der Waals surface area contributed by atoms with Crippen molar-refractivity contribution in [3.63, 3.8) is 0 Å². The van der Waals surface area contributed by atoms with Gasteiger partial charge in [0.25, 0.3) is 0 Å². The minimum absolute atomic E-state index is 0.350. The molecule has 1 saturated carbocycles. The minimum Gasteiger partial charge on any atom is -0.382 e. The van der Waals surface area contributed by atoms with Gasteiger partial charge in [-0.15, -0.1) is 0 Å². The van der Waals surface area contributed by atoms with E-state index >= 15 is 0 Å². The number of aromatic nitrogens is 2. The Morgan fingerprint density at radius 2 is 2.25 bits per heavy atom. The minimum atomic E-state index is -3.28. The molecule has 0 radical (unpaired) electrons. The summed E-state index contributed by atoms with van der Waals surface area (Å²) in [5, 5.41) is 9.71. The molecule has 1 aliphatic rings. The summed E-state index contributed by atoms with van der Waals surface area (Å²) >= 11 is 0. The number of hydrogen-bond acceptors (Lipinski definition) is 5. The van der Waals surface area contributed by atoms with Crippen LogP contribution in [0.1, 0.15) is 25.0 Å². The van der Waals surface area contributed by atoms with E-state index in [1.807, 2.05) is 0 Å². The molecule has 1 aromatic rings. The first-order valence-corrected chi connectivity index (χ1v) is 7.08. The van der Waals surface area contributed by atoms with Gasteiger partial charge >= 0.3 is 0 Å². The van der Waals surface area contributed by atoms with Gasteiger partial charge in [0.15, 0.2) is 9.84 Å². The lowest BCUT2D eigenvalue weighted by molar-refractivity contribution is 0.0428. The van der Waals surface area contributed by atoms with Gasteiger partial charge in [0.05, 0.1) is 17.1 Å². The number of rotatable bonds is 2. The molecule has 5 nitrogen and oxygen atoms in total. The summed E-state index contributed by atoms with van der Waals surface area (Å²) in [5.74, 6) is 0. The van der Waals surface area contributed by atoms with E-state index in [2.05, 4.69) is 9.97 Å². The summed E-state index contributed by atoms with van der Waals surface area (Å²) < 4.78 is 23.2. The molecular formula is C10H14N2O3S. The highest BCUT2D eigenvalue weighted by Crippen LogP contribution is 2.41. The molecule has 0 amide bonds. The Morgan fingerprint density at radius 3 is 2.81 bits per heavy atom. The second kappa shape index (κ2) is 3.78. The lowest BCUT2D eigenvalue weighted by Crippen LogP contribution is -2.40. The summed E-state index contributed by atoms with van der Waals surface area (Å²) in [6.07, 6.45) is 7.14. The zero-order valence-electron chi connectivity index (χ0n) is 9.00. The first-order valence-electron chi connectivity index (χ1n) is 5.12. The Morgan fingerprint density at radius 1 is 1.50 bits per heavy atom. The SMILES string of the molecule is CS(=O)(=O)C1CCCC1(O)c1cnccn1. The van der Waals surface area contributed by atoms with Crippen LogP contribution in [0.2, 0.25) is 0 Å². The van der Waals surface area contributed by atoms with E-state index < -0.39 is 20.7 Å². The molecule has 6 heteroatoms. The number of sulfone groups is 1. The maximum atomic E-state index is 11.6. The van der Waals surface area contributed by atoms with E-state index in [0.29, 0.717) is 25.0 Å². The standard InChI is InChI=1S/C10H14N2O3S/c1-16(14,15)9-3-2-4-10(9,13)8-7-11-5-6-12-8/h5-7,9,13H,2-4H2,1H3. The average Bonchev–Trinajstić information content (AvgIpc) is 2.63. The molecule has 0 bridgehead atoms. The molecular weight excluding hydrogens is 228 g/mol. The molecule has 0 spiro atoms. The third kappa shape index (κ3) is 1.82. The maximum Gasteiger partial charge on any atom is 0.153 e. The van der Waals surface area contributed by atoms with Gasteiger partial charge in [-0.25, -0.2) is 8.42 Å². The smallest absolute Gasteiger partial charge is 0.153 e. The van der Waals surface area contributed by atoms with E-state index in [1.165, 1.54) is 18.6 Å². The summed E-state index contributed by atoms with van der Waals surface area (Å²) in [6.45, 7) is 0. The second-order valence-corrected chi connectivity index (χ2v) is 6.45. The van der Waals surface area contributed by atoms with Gasteiger partial charge in [-0.1, -0.05) is 0 Å². The van der Waals surface area contributed by atoms with Crippen LogP contribution in [-0.4, -0.2) is 35.0 Å². The van der Waals surface area contributed by atoms with Crippen LogP contribution in [0.4, 0.5) is 0 Å². The first-order chi connectivity index (χ1) is 7.44. The van der Waals surface area contributed by atoms with Gasteiger partial charge in [-0.2, -0.15) is 0 Å². The van der Waals surface area contributed by atoms with E-state index in [-0.39, 0.29) is 0 Å². The zero-order valence-corrected chi connectivity index (χ0v) is 9.81. The Kier molecular flexibility index (Phi) is 2.71. The van der Waals surface area contributed by atoms with Crippen LogP contribution in [0.3, 0.4) is 0 Å². The van der Waals surface area contributed by atoms with Crippen molar-refractivity contribution in [1.29, 1.82) is 0 Å². The molecule has 88 valence electrons. The lowest BCUT2D eigenvalue weighted by atomic mass is 9.98. The normalized spacial score (nSPS) is 30.5. The molecule has 2 unspecified atom stereocenters. The van der Waals surface area contributed by atoms with Gasteiger partial charge in [0.1, 0.15) is 5.60 Å². The molecule has 0 aliphatic heterocycles. The fraction of sp³-hybridized carbons (Fsp3) is 0.600. The van der Waals surface area contributed by atoms with Crippen LogP contribution in [0.25, 0.3) is 0 Å². The number of nitrogens with zero attached hydrogens (tertiary/aromatic N) is 2.